The summed E-state index contributed by atoms with van der Waals surface area (Å²) in [5.74, 6) is 1.44. The van der Waals surface area contributed by atoms with Gasteiger partial charge in [0.25, 0.3) is 0 Å². The summed E-state index contributed by atoms with van der Waals surface area (Å²) in [6.07, 6.45) is 1.52. The second-order valence-electron chi connectivity index (χ2n) is 7.64. The normalized spacial score (nSPS) is 12.3. The maximum atomic E-state index is 12.6. The van der Waals surface area contributed by atoms with Gasteiger partial charge < -0.3 is 9.64 Å². The highest BCUT2D eigenvalue weighted by atomic mass is 32.1. The number of carbonyl (C=O) groups is 1. The minimum atomic E-state index is 0.209. The molecule has 1 atom stereocenters. The van der Waals surface area contributed by atoms with Crippen molar-refractivity contribution in [2.24, 2.45) is 5.92 Å². The lowest BCUT2D eigenvalue weighted by Crippen LogP contribution is -2.38. The molecule has 0 saturated carbocycles. The van der Waals surface area contributed by atoms with Crippen molar-refractivity contribution in [2.75, 3.05) is 0 Å². The molecule has 0 spiro atoms. The Morgan fingerprint density at radius 2 is 1.96 bits per heavy atom. The molecule has 0 fully saturated rings. The van der Waals surface area contributed by atoms with E-state index in [9.17, 15) is 4.79 Å². The summed E-state index contributed by atoms with van der Waals surface area (Å²) in [5.41, 5.74) is 3.42. The Morgan fingerprint density at radius 3 is 2.59 bits per heavy atom. The predicted octanol–water partition coefficient (Wildman–Crippen LogP) is 5.51. The van der Waals surface area contributed by atoms with Gasteiger partial charge in [0.05, 0.1) is 12.2 Å². The molecule has 5 heteroatoms. The quantitative estimate of drug-likeness (QED) is 0.568. The van der Waals surface area contributed by atoms with Crippen LogP contribution in [-0.4, -0.2) is 21.8 Å². The summed E-state index contributed by atoms with van der Waals surface area (Å²) in [7, 11) is 0. The Bertz CT molecular complexity index is 755. The Labute approximate surface area is 167 Å². The van der Waals surface area contributed by atoms with E-state index in [2.05, 4.69) is 58.7 Å². The second-order valence-corrected chi connectivity index (χ2v) is 8.59. The van der Waals surface area contributed by atoms with Crippen LogP contribution in [0.1, 0.15) is 62.4 Å². The van der Waals surface area contributed by atoms with Crippen molar-refractivity contribution in [3.63, 3.8) is 0 Å². The first-order valence-corrected chi connectivity index (χ1v) is 10.6. The Balaban J connectivity index is 1.99. The third-order valence-electron chi connectivity index (χ3n) is 4.80. The molecule has 0 bridgehead atoms. The van der Waals surface area contributed by atoms with E-state index >= 15 is 0 Å². The van der Waals surface area contributed by atoms with Crippen LogP contribution in [0.4, 0.5) is 0 Å². The molecule has 0 radical (unpaired) electrons. The van der Waals surface area contributed by atoms with Gasteiger partial charge in [-0.15, -0.1) is 11.3 Å². The summed E-state index contributed by atoms with van der Waals surface area (Å²) in [6, 6.07) is 6.33. The zero-order chi connectivity index (χ0) is 20.0. The summed E-state index contributed by atoms with van der Waals surface area (Å²) in [4.78, 5) is 19.3. The number of amides is 1. The number of thiazole rings is 1. The van der Waals surface area contributed by atoms with E-state index in [1.54, 1.807) is 11.3 Å². The smallest absolute Gasteiger partial charge is 0.223 e. The van der Waals surface area contributed by atoms with E-state index in [4.69, 9.17) is 4.74 Å². The molecule has 0 aliphatic heterocycles. The Kier molecular flexibility index (Phi) is 7.84. The molecule has 1 aromatic carbocycles. The van der Waals surface area contributed by atoms with Crippen LogP contribution in [0.15, 0.2) is 23.6 Å². The molecule has 2 aromatic rings. The average molecular weight is 389 g/mol. The lowest BCUT2D eigenvalue weighted by molar-refractivity contribution is -0.134. The van der Waals surface area contributed by atoms with Crippen molar-refractivity contribution >= 4 is 17.2 Å². The number of carbonyl (C=O) groups excluding carboxylic acids is 1. The van der Waals surface area contributed by atoms with E-state index in [-0.39, 0.29) is 11.9 Å². The van der Waals surface area contributed by atoms with E-state index in [0.29, 0.717) is 25.5 Å². The molecule has 27 heavy (non-hydrogen) atoms. The molecular weight excluding hydrogens is 356 g/mol. The average Bonchev–Trinajstić information content (AvgIpc) is 3.07. The first-order valence-electron chi connectivity index (χ1n) is 9.73. The van der Waals surface area contributed by atoms with Crippen LogP contribution in [0, 0.1) is 19.8 Å². The van der Waals surface area contributed by atoms with Crippen LogP contribution in [0.2, 0.25) is 0 Å². The van der Waals surface area contributed by atoms with Crippen LogP contribution >= 0.6 is 11.3 Å². The minimum Gasteiger partial charge on any atom is -0.486 e. The van der Waals surface area contributed by atoms with E-state index in [0.717, 1.165) is 22.9 Å². The zero-order valence-corrected chi connectivity index (χ0v) is 18.2. The van der Waals surface area contributed by atoms with Crippen LogP contribution in [-0.2, 0) is 17.9 Å². The molecule has 1 unspecified atom stereocenters. The van der Waals surface area contributed by atoms with Gasteiger partial charge in [-0.25, -0.2) is 4.98 Å². The van der Waals surface area contributed by atoms with Gasteiger partial charge in [-0.3, -0.25) is 4.79 Å². The molecule has 0 saturated heterocycles. The fraction of sp³-hybridized carbons (Fsp3) is 0.545. The first kappa shape index (κ1) is 21.4. The SMILES string of the molecule is CCC(C)N(Cc1csc(COc2ccc(C)c(C)c2)n1)C(=O)CC(C)C. The summed E-state index contributed by atoms with van der Waals surface area (Å²) in [6.45, 7) is 13.6. The summed E-state index contributed by atoms with van der Waals surface area (Å²) >= 11 is 1.59. The van der Waals surface area contributed by atoms with Gasteiger partial charge in [0.2, 0.25) is 5.91 Å². The molecule has 2 rings (SSSR count). The van der Waals surface area contributed by atoms with E-state index < -0.39 is 0 Å². The van der Waals surface area contributed by atoms with Crippen molar-refractivity contribution in [3.8, 4) is 5.75 Å². The molecule has 148 valence electrons. The molecule has 0 N–H and O–H groups in total. The highest BCUT2D eigenvalue weighted by Crippen LogP contribution is 2.20. The predicted molar refractivity (Wildman–Crippen MR) is 112 cm³/mol. The maximum Gasteiger partial charge on any atom is 0.223 e. The summed E-state index contributed by atoms with van der Waals surface area (Å²) in [5, 5.41) is 2.97. The Hall–Kier alpha value is -1.88. The molecule has 1 heterocycles. The van der Waals surface area contributed by atoms with Crippen LogP contribution in [0.3, 0.4) is 0 Å². The number of ether oxygens (including phenoxy) is 1. The van der Waals surface area contributed by atoms with E-state index in [1.165, 1.54) is 11.1 Å². The molecule has 1 aromatic heterocycles. The van der Waals surface area contributed by atoms with Gasteiger partial charge in [0, 0.05) is 17.8 Å². The Morgan fingerprint density at radius 1 is 1.22 bits per heavy atom. The molecule has 0 aliphatic carbocycles. The van der Waals surface area contributed by atoms with Gasteiger partial charge >= 0.3 is 0 Å². The fourth-order valence-electron chi connectivity index (χ4n) is 2.79. The second kappa shape index (κ2) is 9.88. The van der Waals surface area contributed by atoms with Crippen molar-refractivity contribution in [1.29, 1.82) is 0 Å². The number of benzene rings is 1. The molecular formula is C22H32N2O2S. The maximum absolute atomic E-state index is 12.6. The van der Waals surface area contributed by atoms with Crippen molar-refractivity contribution in [3.05, 3.63) is 45.4 Å². The number of hydrogen-bond acceptors (Lipinski definition) is 4. The standard InChI is InChI=1S/C22H32N2O2S/c1-7-18(6)24(22(25)10-15(2)3)12-19-14-27-21(23-19)13-26-20-9-8-16(4)17(5)11-20/h8-9,11,14-15,18H,7,10,12-13H2,1-6H3. The number of aryl methyl sites for hydroxylation is 2. The van der Waals surface area contributed by atoms with Crippen LogP contribution < -0.4 is 4.74 Å². The third kappa shape index (κ3) is 6.35. The highest BCUT2D eigenvalue weighted by Gasteiger charge is 2.21. The van der Waals surface area contributed by atoms with Crippen LogP contribution in [0.5, 0.6) is 5.75 Å². The van der Waals surface area contributed by atoms with Crippen molar-refractivity contribution in [1.82, 2.24) is 9.88 Å². The molecule has 0 aliphatic rings. The monoisotopic (exact) mass is 388 g/mol. The zero-order valence-electron chi connectivity index (χ0n) is 17.4. The molecule has 1 amide bonds. The number of nitrogens with zero attached hydrogens (tertiary/aromatic N) is 2. The topological polar surface area (TPSA) is 42.4 Å². The number of hydrogen-bond donors (Lipinski definition) is 0. The molecule has 4 nitrogen and oxygen atoms in total. The number of rotatable bonds is 9. The van der Waals surface area contributed by atoms with E-state index in [1.807, 2.05) is 16.3 Å². The van der Waals surface area contributed by atoms with Gasteiger partial charge in [-0.1, -0.05) is 26.8 Å². The number of aromatic nitrogens is 1. The van der Waals surface area contributed by atoms with Gasteiger partial charge in [0.15, 0.2) is 0 Å². The van der Waals surface area contributed by atoms with Gasteiger partial charge in [-0.2, -0.15) is 0 Å². The largest absolute Gasteiger partial charge is 0.486 e. The summed E-state index contributed by atoms with van der Waals surface area (Å²) < 4.78 is 5.88. The lowest BCUT2D eigenvalue weighted by Gasteiger charge is -2.28. The van der Waals surface area contributed by atoms with Crippen molar-refractivity contribution in [2.45, 2.75) is 73.6 Å². The minimum absolute atomic E-state index is 0.209. The highest BCUT2D eigenvalue weighted by molar-refractivity contribution is 7.09. The van der Waals surface area contributed by atoms with Gasteiger partial charge in [-0.05, 0) is 56.4 Å². The van der Waals surface area contributed by atoms with Gasteiger partial charge in [0.1, 0.15) is 17.4 Å². The lowest BCUT2D eigenvalue weighted by atomic mass is 10.1. The fourth-order valence-corrected chi connectivity index (χ4v) is 3.48. The first-order chi connectivity index (χ1) is 12.8. The third-order valence-corrected chi connectivity index (χ3v) is 5.67. The van der Waals surface area contributed by atoms with Crippen LogP contribution in [0.25, 0.3) is 0 Å². The van der Waals surface area contributed by atoms with Crippen molar-refractivity contribution < 1.29 is 9.53 Å².